The highest BCUT2D eigenvalue weighted by Gasteiger charge is 2.29. The Morgan fingerprint density at radius 2 is 1.90 bits per heavy atom. The fourth-order valence-corrected chi connectivity index (χ4v) is 5.15. The van der Waals surface area contributed by atoms with E-state index in [4.69, 9.17) is 14.3 Å². The molecule has 2 aromatic carbocycles. The Bertz CT molecular complexity index is 1410. The Morgan fingerprint density at radius 3 is 2.67 bits per heavy atom. The van der Waals surface area contributed by atoms with Gasteiger partial charge in [-0.3, -0.25) is 9.52 Å². The smallest absolute Gasteiger partial charge is 0.158 e. The maximum absolute atomic E-state index is 6.12. The molecule has 0 saturated carbocycles. The number of aromatic nitrogens is 4. The van der Waals surface area contributed by atoms with E-state index >= 15 is 0 Å². The average Bonchev–Trinajstić information content (AvgIpc) is 3.65. The summed E-state index contributed by atoms with van der Waals surface area (Å²) in [6, 6.07) is 16.6. The molecule has 2 fully saturated rings. The zero-order valence-electron chi connectivity index (χ0n) is 22.3. The van der Waals surface area contributed by atoms with Gasteiger partial charge in [-0.15, -0.1) is 0 Å². The van der Waals surface area contributed by atoms with Crippen molar-refractivity contribution in [2.45, 2.75) is 19.4 Å². The van der Waals surface area contributed by atoms with Crippen LogP contribution in [-0.2, 0) is 16.6 Å². The van der Waals surface area contributed by atoms with Crippen LogP contribution < -0.4 is 20.0 Å². The molecule has 4 aromatic rings. The molecular weight excluding hydrogens is 494 g/mol. The molecule has 0 aliphatic carbocycles. The van der Waals surface area contributed by atoms with Gasteiger partial charge in [0.2, 0.25) is 0 Å². The van der Waals surface area contributed by atoms with Crippen LogP contribution in [0.5, 0.6) is 5.75 Å². The number of anilines is 4. The highest BCUT2D eigenvalue weighted by molar-refractivity contribution is 5.85. The van der Waals surface area contributed by atoms with E-state index in [-0.39, 0.29) is 6.04 Å². The molecule has 39 heavy (non-hydrogen) atoms. The summed E-state index contributed by atoms with van der Waals surface area (Å²) < 4.78 is 13.5. The van der Waals surface area contributed by atoms with Gasteiger partial charge in [0.15, 0.2) is 5.82 Å². The second-order valence-corrected chi connectivity index (χ2v) is 9.56. The lowest BCUT2D eigenvalue weighted by Gasteiger charge is -2.31. The van der Waals surface area contributed by atoms with Crippen molar-refractivity contribution in [2.24, 2.45) is 7.05 Å². The Kier molecular flexibility index (Phi) is 7.29. The number of ether oxygens (including phenoxy) is 2. The summed E-state index contributed by atoms with van der Waals surface area (Å²) >= 11 is 0. The van der Waals surface area contributed by atoms with E-state index in [1.807, 2.05) is 48.2 Å². The Morgan fingerprint density at radius 1 is 1.05 bits per heavy atom. The quantitative estimate of drug-likeness (QED) is 0.349. The van der Waals surface area contributed by atoms with Crippen LogP contribution in [0.1, 0.15) is 24.9 Å². The maximum atomic E-state index is 6.12. The minimum absolute atomic E-state index is 0.0953. The second-order valence-electron chi connectivity index (χ2n) is 9.56. The van der Waals surface area contributed by atoms with Gasteiger partial charge in [0.25, 0.3) is 0 Å². The first-order chi connectivity index (χ1) is 19.2. The van der Waals surface area contributed by atoms with Crippen molar-refractivity contribution in [2.75, 3.05) is 54.8 Å². The summed E-state index contributed by atoms with van der Waals surface area (Å²) in [5, 5.41) is 9.80. The predicted molar refractivity (Wildman–Crippen MR) is 150 cm³/mol. The largest absolute Gasteiger partial charge is 0.492 e. The molecule has 1 N–H and O–H groups in total. The number of nitrogens with one attached hydrogen (secondary N) is 1. The van der Waals surface area contributed by atoms with Gasteiger partial charge in [0.1, 0.15) is 17.9 Å². The second kappa shape index (κ2) is 11.3. The van der Waals surface area contributed by atoms with Gasteiger partial charge >= 0.3 is 0 Å². The number of morpholine rings is 1. The third kappa shape index (κ3) is 5.39. The first-order valence-electron chi connectivity index (χ1n) is 13.4. The molecule has 0 radical (unpaired) electrons. The van der Waals surface area contributed by atoms with Crippen molar-refractivity contribution < 1.29 is 14.3 Å². The Hall–Kier alpha value is -4.15. The van der Waals surface area contributed by atoms with Gasteiger partial charge in [0, 0.05) is 61.7 Å². The Balaban J connectivity index is 1.35. The van der Waals surface area contributed by atoms with Crippen molar-refractivity contribution in [3.63, 3.8) is 0 Å². The van der Waals surface area contributed by atoms with E-state index in [9.17, 15) is 0 Å². The van der Waals surface area contributed by atoms with E-state index < -0.39 is 0 Å². The summed E-state index contributed by atoms with van der Waals surface area (Å²) in [6.07, 6.45) is 6.37. The molecule has 2 aliphatic heterocycles. The van der Waals surface area contributed by atoms with E-state index in [1.165, 1.54) is 5.56 Å². The van der Waals surface area contributed by atoms with E-state index in [2.05, 4.69) is 61.7 Å². The Labute approximate surface area is 228 Å². The van der Waals surface area contributed by atoms with Gasteiger partial charge in [-0.1, -0.05) is 30.3 Å². The van der Waals surface area contributed by atoms with Crippen molar-refractivity contribution in [1.29, 1.82) is 0 Å². The minimum atomic E-state index is 0.0953. The monoisotopic (exact) mass is 527 g/mol. The third-order valence-corrected chi connectivity index (χ3v) is 7.00. The molecule has 0 amide bonds. The molecule has 2 aromatic heterocycles. The van der Waals surface area contributed by atoms with Crippen molar-refractivity contribution in [1.82, 2.24) is 19.7 Å². The minimum Gasteiger partial charge on any atom is -0.492 e. The average molecular weight is 528 g/mol. The summed E-state index contributed by atoms with van der Waals surface area (Å²) in [5.41, 5.74) is 5.21. The highest BCUT2D eigenvalue weighted by atomic mass is 16.7. The van der Waals surface area contributed by atoms with Crippen LogP contribution in [0.4, 0.5) is 23.0 Å². The van der Waals surface area contributed by atoms with Gasteiger partial charge in [-0.25, -0.2) is 15.0 Å². The van der Waals surface area contributed by atoms with Gasteiger partial charge in [-0.2, -0.15) is 5.10 Å². The van der Waals surface area contributed by atoms with Crippen molar-refractivity contribution in [3.8, 4) is 16.9 Å². The van der Waals surface area contributed by atoms with Gasteiger partial charge < -0.3 is 19.7 Å². The fraction of sp³-hybridized carbons (Fsp3) is 0.345. The summed E-state index contributed by atoms with van der Waals surface area (Å²) in [4.78, 5) is 17.4. The summed E-state index contributed by atoms with van der Waals surface area (Å²) in [7, 11) is 1.93. The molecule has 2 saturated heterocycles. The molecule has 202 valence electrons. The molecule has 6 rings (SSSR count). The van der Waals surface area contributed by atoms with E-state index in [0.717, 1.165) is 47.8 Å². The van der Waals surface area contributed by atoms with Crippen LogP contribution in [0.25, 0.3) is 11.1 Å². The van der Waals surface area contributed by atoms with Crippen LogP contribution in [0, 0.1) is 0 Å². The summed E-state index contributed by atoms with van der Waals surface area (Å²) in [5.74, 6) is 2.11. The predicted octanol–water partition coefficient (Wildman–Crippen LogP) is 4.74. The van der Waals surface area contributed by atoms with Gasteiger partial charge in [0.05, 0.1) is 44.4 Å². The number of hydrogen-bond acceptors (Lipinski definition) is 9. The van der Waals surface area contributed by atoms with Crippen LogP contribution in [0.15, 0.2) is 67.3 Å². The van der Waals surface area contributed by atoms with Crippen molar-refractivity contribution in [3.05, 3.63) is 72.8 Å². The van der Waals surface area contributed by atoms with E-state index in [1.54, 1.807) is 6.33 Å². The lowest BCUT2D eigenvalue weighted by Crippen LogP contribution is -2.36. The lowest BCUT2D eigenvalue weighted by atomic mass is 10.0. The van der Waals surface area contributed by atoms with Gasteiger partial charge in [-0.05, 0) is 18.6 Å². The number of hydrogen-bond donors (Lipinski definition) is 1. The van der Waals surface area contributed by atoms with Crippen LogP contribution in [0.3, 0.4) is 0 Å². The molecule has 0 unspecified atom stereocenters. The molecule has 4 heterocycles. The van der Waals surface area contributed by atoms with E-state index in [0.29, 0.717) is 38.1 Å². The maximum Gasteiger partial charge on any atom is 0.158 e. The molecule has 10 heteroatoms. The lowest BCUT2D eigenvalue weighted by molar-refractivity contribution is 0.122. The molecule has 2 aliphatic rings. The number of rotatable bonds is 8. The first kappa shape index (κ1) is 25.1. The zero-order chi connectivity index (χ0) is 26.6. The number of benzene rings is 2. The molecule has 1 atom stereocenters. The molecule has 10 nitrogen and oxygen atoms in total. The highest BCUT2D eigenvalue weighted by Crippen LogP contribution is 2.41. The fourth-order valence-electron chi connectivity index (χ4n) is 5.15. The van der Waals surface area contributed by atoms with Crippen molar-refractivity contribution >= 4 is 23.0 Å². The standard InChI is InChI=1S/C29H33N7O3/c1-3-38-27-16-26(35-10-13-37-14-11-35)23(22-18-32-34(2)19-22)15-24(27)33-28-17-29(31-20-30-28)36-25(9-12-39-36)21-7-5-4-6-8-21/h4-8,15-20,25H,3,9-14H2,1-2H3,(H,30,31,33)/t25-/m1/s1. The number of hydroxylamine groups is 1. The van der Waals surface area contributed by atoms with Crippen LogP contribution >= 0.6 is 0 Å². The molecular formula is C29H33N7O3. The summed E-state index contributed by atoms with van der Waals surface area (Å²) in [6.45, 7) is 6.20. The van der Waals surface area contributed by atoms with Crippen LogP contribution in [0.2, 0.25) is 0 Å². The zero-order valence-corrected chi connectivity index (χ0v) is 22.3. The first-order valence-corrected chi connectivity index (χ1v) is 13.4. The number of nitrogens with zero attached hydrogens (tertiary/aromatic N) is 6. The normalized spacial score (nSPS) is 17.4. The van der Waals surface area contributed by atoms with Crippen LogP contribution in [-0.4, -0.2) is 59.3 Å². The SMILES string of the molecule is CCOc1cc(N2CCOCC2)c(-c2cnn(C)c2)cc1Nc1cc(N2OCC[C@@H]2c2ccccc2)ncn1. The topological polar surface area (TPSA) is 89.8 Å². The molecule has 0 bridgehead atoms. The molecule has 0 spiro atoms. The number of aryl methyl sites for hydroxylation is 1. The third-order valence-electron chi connectivity index (χ3n) is 7.00.